The Labute approximate surface area is 76.2 Å². The molecule has 0 aliphatic heterocycles. The lowest BCUT2D eigenvalue weighted by molar-refractivity contribution is -0.137. The van der Waals surface area contributed by atoms with E-state index >= 15 is 0 Å². The summed E-state index contributed by atoms with van der Waals surface area (Å²) >= 11 is 0. The molecule has 0 unspecified atom stereocenters. The van der Waals surface area contributed by atoms with E-state index in [0.717, 1.165) is 6.07 Å². The highest BCUT2D eigenvalue weighted by atomic mass is 19.4. The van der Waals surface area contributed by atoms with E-state index in [1.807, 2.05) is 0 Å². The van der Waals surface area contributed by atoms with Gasteiger partial charge in [0.1, 0.15) is 5.75 Å². The van der Waals surface area contributed by atoms with Crippen molar-refractivity contribution in [3.05, 3.63) is 34.2 Å². The lowest BCUT2D eigenvalue weighted by Crippen LogP contribution is -2.03. The van der Waals surface area contributed by atoms with Gasteiger partial charge < -0.3 is 5.11 Å². The SMILES string of the molecule is [N-]=[N+]=Nc1cc(C(F)(F)F)ccc1O. The second kappa shape index (κ2) is 3.47. The van der Waals surface area contributed by atoms with E-state index in [2.05, 4.69) is 10.0 Å². The molecule has 0 atom stereocenters. The zero-order chi connectivity index (χ0) is 10.8. The van der Waals surface area contributed by atoms with Crippen molar-refractivity contribution in [3.8, 4) is 5.75 Å². The highest BCUT2D eigenvalue weighted by molar-refractivity contribution is 5.53. The van der Waals surface area contributed by atoms with E-state index in [9.17, 15) is 13.2 Å². The first-order chi connectivity index (χ1) is 6.45. The van der Waals surface area contributed by atoms with Gasteiger partial charge in [0.25, 0.3) is 0 Å². The molecule has 0 spiro atoms. The first kappa shape index (κ1) is 10.2. The number of alkyl halides is 3. The molecule has 4 nitrogen and oxygen atoms in total. The molecule has 1 rings (SSSR count). The van der Waals surface area contributed by atoms with Crippen molar-refractivity contribution in [3.63, 3.8) is 0 Å². The summed E-state index contributed by atoms with van der Waals surface area (Å²) in [5.41, 5.74) is 6.59. The van der Waals surface area contributed by atoms with Crippen LogP contribution in [0.1, 0.15) is 5.56 Å². The number of aromatic hydroxyl groups is 1. The van der Waals surface area contributed by atoms with Gasteiger partial charge in [0.05, 0.1) is 11.3 Å². The van der Waals surface area contributed by atoms with Crippen molar-refractivity contribution in [1.82, 2.24) is 0 Å². The van der Waals surface area contributed by atoms with Gasteiger partial charge >= 0.3 is 6.18 Å². The number of phenols is 1. The Bertz CT molecular complexity index is 396. The zero-order valence-corrected chi connectivity index (χ0v) is 6.65. The summed E-state index contributed by atoms with van der Waals surface area (Å²) in [7, 11) is 0. The molecule has 7 heteroatoms. The topological polar surface area (TPSA) is 69.0 Å². The lowest BCUT2D eigenvalue weighted by Gasteiger charge is -2.07. The number of nitrogens with zero attached hydrogens (tertiary/aromatic N) is 3. The van der Waals surface area contributed by atoms with Crippen LogP contribution in [0.4, 0.5) is 18.9 Å². The number of hydrogen-bond acceptors (Lipinski definition) is 2. The van der Waals surface area contributed by atoms with Gasteiger partial charge in [0, 0.05) is 4.91 Å². The van der Waals surface area contributed by atoms with Crippen molar-refractivity contribution in [2.45, 2.75) is 6.18 Å². The van der Waals surface area contributed by atoms with E-state index in [0.29, 0.717) is 12.1 Å². The average Bonchev–Trinajstić information content (AvgIpc) is 2.07. The molecular formula is C7H4F3N3O. The van der Waals surface area contributed by atoms with Gasteiger partial charge in [-0.05, 0) is 23.7 Å². The molecule has 74 valence electrons. The fourth-order valence-electron chi connectivity index (χ4n) is 0.828. The largest absolute Gasteiger partial charge is 0.507 e. The third kappa shape index (κ3) is 2.08. The Balaban J connectivity index is 3.26. The maximum atomic E-state index is 12.1. The van der Waals surface area contributed by atoms with Crippen LogP contribution in [0.2, 0.25) is 0 Å². The van der Waals surface area contributed by atoms with Gasteiger partial charge in [-0.1, -0.05) is 5.11 Å². The molecule has 0 bridgehead atoms. The minimum atomic E-state index is -4.52. The van der Waals surface area contributed by atoms with Crippen LogP contribution in [-0.4, -0.2) is 5.11 Å². The highest BCUT2D eigenvalue weighted by Crippen LogP contribution is 2.35. The van der Waals surface area contributed by atoms with Gasteiger partial charge in [0.15, 0.2) is 0 Å². The highest BCUT2D eigenvalue weighted by Gasteiger charge is 2.30. The Kier molecular flexibility index (Phi) is 2.53. The summed E-state index contributed by atoms with van der Waals surface area (Å²) in [6.07, 6.45) is -4.52. The molecule has 0 aliphatic carbocycles. The maximum Gasteiger partial charge on any atom is 0.416 e. The minimum absolute atomic E-state index is 0.442. The molecule has 1 aromatic rings. The van der Waals surface area contributed by atoms with Gasteiger partial charge in [-0.2, -0.15) is 13.2 Å². The Morgan fingerprint density at radius 1 is 1.36 bits per heavy atom. The third-order valence-electron chi connectivity index (χ3n) is 1.46. The maximum absolute atomic E-state index is 12.1. The summed E-state index contributed by atoms with van der Waals surface area (Å²) in [6, 6.07) is 2.10. The number of hydrogen-bond donors (Lipinski definition) is 1. The van der Waals surface area contributed by atoms with Crippen LogP contribution in [0.15, 0.2) is 23.3 Å². The molecule has 0 radical (unpaired) electrons. The number of phenolic OH excluding ortho intramolecular Hbond substituents is 1. The number of benzene rings is 1. The minimum Gasteiger partial charge on any atom is -0.507 e. The smallest absolute Gasteiger partial charge is 0.416 e. The lowest BCUT2D eigenvalue weighted by atomic mass is 10.2. The molecule has 0 saturated carbocycles. The van der Waals surface area contributed by atoms with Crippen LogP contribution in [0.25, 0.3) is 10.4 Å². The second-order valence-corrected chi connectivity index (χ2v) is 2.39. The molecule has 0 saturated heterocycles. The number of azide groups is 1. The van der Waals surface area contributed by atoms with Crippen LogP contribution >= 0.6 is 0 Å². The number of rotatable bonds is 1. The molecular weight excluding hydrogens is 199 g/mol. The summed E-state index contributed by atoms with van der Waals surface area (Å²) < 4.78 is 36.4. The van der Waals surface area contributed by atoms with E-state index in [4.69, 9.17) is 10.6 Å². The molecule has 1 aromatic carbocycles. The zero-order valence-electron chi connectivity index (χ0n) is 6.65. The van der Waals surface area contributed by atoms with Gasteiger partial charge in [-0.15, -0.1) is 0 Å². The molecule has 1 N–H and O–H groups in total. The fraction of sp³-hybridized carbons (Fsp3) is 0.143. The van der Waals surface area contributed by atoms with E-state index < -0.39 is 23.2 Å². The van der Waals surface area contributed by atoms with Crippen LogP contribution in [0.5, 0.6) is 5.75 Å². The Morgan fingerprint density at radius 3 is 2.50 bits per heavy atom. The van der Waals surface area contributed by atoms with Crippen molar-refractivity contribution < 1.29 is 18.3 Å². The van der Waals surface area contributed by atoms with Crippen LogP contribution in [0.3, 0.4) is 0 Å². The first-order valence-electron chi connectivity index (χ1n) is 3.40. The first-order valence-corrected chi connectivity index (χ1v) is 3.40. The van der Waals surface area contributed by atoms with E-state index in [1.165, 1.54) is 0 Å². The summed E-state index contributed by atoms with van der Waals surface area (Å²) in [5.74, 6) is -0.490. The predicted molar refractivity (Wildman–Crippen MR) is 41.9 cm³/mol. The van der Waals surface area contributed by atoms with Gasteiger partial charge in [-0.3, -0.25) is 0 Å². The van der Waals surface area contributed by atoms with E-state index in [-0.39, 0.29) is 0 Å². The van der Waals surface area contributed by atoms with E-state index in [1.54, 1.807) is 0 Å². The summed E-state index contributed by atoms with van der Waals surface area (Å²) in [4.78, 5) is 2.29. The normalized spacial score (nSPS) is 10.8. The quantitative estimate of drug-likeness (QED) is 0.424. The molecule has 0 aliphatic rings. The van der Waals surface area contributed by atoms with Crippen molar-refractivity contribution in [2.24, 2.45) is 5.11 Å². The molecule has 0 heterocycles. The second-order valence-electron chi connectivity index (χ2n) is 2.39. The van der Waals surface area contributed by atoms with Crippen molar-refractivity contribution in [2.75, 3.05) is 0 Å². The van der Waals surface area contributed by atoms with Crippen molar-refractivity contribution in [1.29, 1.82) is 0 Å². The van der Waals surface area contributed by atoms with Gasteiger partial charge in [-0.25, -0.2) is 0 Å². The Morgan fingerprint density at radius 2 is 2.00 bits per heavy atom. The third-order valence-corrected chi connectivity index (χ3v) is 1.46. The summed E-state index contributed by atoms with van der Waals surface area (Å²) in [5, 5.41) is 11.9. The van der Waals surface area contributed by atoms with Crippen molar-refractivity contribution >= 4 is 5.69 Å². The fourth-order valence-corrected chi connectivity index (χ4v) is 0.828. The predicted octanol–water partition coefficient (Wildman–Crippen LogP) is 3.35. The standard InChI is InChI=1S/C7H4F3N3O/c8-7(9,10)4-1-2-6(14)5(3-4)12-13-11/h1-3,14H. The molecule has 0 fully saturated rings. The van der Waals surface area contributed by atoms with Crippen LogP contribution in [0, 0.1) is 0 Å². The summed E-state index contributed by atoms with van der Waals surface area (Å²) in [6.45, 7) is 0. The molecule has 0 amide bonds. The average molecular weight is 203 g/mol. The van der Waals surface area contributed by atoms with Crippen LogP contribution < -0.4 is 0 Å². The monoisotopic (exact) mass is 203 g/mol. The molecule has 0 aromatic heterocycles. The number of halogens is 3. The van der Waals surface area contributed by atoms with Gasteiger partial charge in [0.2, 0.25) is 0 Å². The molecule has 14 heavy (non-hydrogen) atoms. The van der Waals surface area contributed by atoms with Crippen LogP contribution in [-0.2, 0) is 6.18 Å². The Hall–Kier alpha value is -1.88.